The summed E-state index contributed by atoms with van der Waals surface area (Å²) in [6.07, 6.45) is 2.51. The van der Waals surface area contributed by atoms with Gasteiger partial charge in [0, 0.05) is 13.3 Å². The molecule has 0 aliphatic heterocycles. The summed E-state index contributed by atoms with van der Waals surface area (Å²) in [5.74, 6) is -0.813. The van der Waals surface area contributed by atoms with Gasteiger partial charge in [-0.1, -0.05) is 0 Å². The molecule has 0 amide bonds. The van der Waals surface area contributed by atoms with Crippen LogP contribution in [0.4, 0.5) is 0 Å². The number of Topliss-reactive ketones (excluding diaryl/α,β-unsaturated/α-hetero) is 1. The zero-order chi connectivity index (χ0) is 12.4. The van der Waals surface area contributed by atoms with E-state index in [1.807, 2.05) is 0 Å². The van der Waals surface area contributed by atoms with Crippen molar-refractivity contribution in [3.05, 3.63) is 0 Å². The Bertz CT molecular complexity index is 247. The number of hydrogen-bond donors (Lipinski definition) is 0. The summed E-state index contributed by atoms with van der Waals surface area (Å²) in [6, 6.07) is 0. The van der Waals surface area contributed by atoms with Crippen molar-refractivity contribution in [1.82, 2.24) is 0 Å². The SMILES string of the molecule is CC(=O)COC(=O)CCCCCOC(C)=O. The second-order valence-electron chi connectivity index (χ2n) is 3.51. The van der Waals surface area contributed by atoms with E-state index in [-0.39, 0.29) is 24.3 Å². The highest BCUT2D eigenvalue weighted by atomic mass is 16.5. The van der Waals surface area contributed by atoms with E-state index in [2.05, 4.69) is 4.74 Å². The van der Waals surface area contributed by atoms with Gasteiger partial charge in [-0.05, 0) is 26.2 Å². The van der Waals surface area contributed by atoms with Crippen LogP contribution in [0, 0.1) is 0 Å². The Morgan fingerprint density at radius 1 is 0.938 bits per heavy atom. The number of carbonyl (C=O) groups excluding carboxylic acids is 3. The molecule has 0 N–H and O–H groups in total. The van der Waals surface area contributed by atoms with Crippen molar-refractivity contribution < 1.29 is 23.9 Å². The lowest BCUT2D eigenvalue weighted by Crippen LogP contribution is -2.10. The lowest BCUT2D eigenvalue weighted by atomic mass is 10.2. The number of unbranched alkanes of at least 4 members (excludes halogenated alkanes) is 2. The van der Waals surface area contributed by atoms with Crippen LogP contribution in [0.2, 0.25) is 0 Å². The van der Waals surface area contributed by atoms with E-state index in [9.17, 15) is 14.4 Å². The molecule has 0 rings (SSSR count). The zero-order valence-electron chi connectivity index (χ0n) is 9.78. The molecule has 0 aliphatic carbocycles. The first-order chi connectivity index (χ1) is 7.52. The van der Waals surface area contributed by atoms with Crippen molar-refractivity contribution in [2.24, 2.45) is 0 Å². The smallest absolute Gasteiger partial charge is 0.306 e. The fourth-order valence-corrected chi connectivity index (χ4v) is 1.02. The summed E-state index contributed by atoms with van der Waals surface area (Å²) < 4.78 is 9.40. The Labute approximate surface area is 95.1 Å². The maximum absolute atomic E-state index is 11.0. The normalized spacial score (nSPS) is 9.62. The molecule has 5 heteroatoms. The van der Waals surface area contributed by atoms with E-state index < -0.39 is 0 Å². The van der Waals surface area contributed by atoms with E-state index in [0.717, 1.165) is 12.8 Å². The van der Waals surface area contributed by atoms with Gasteiger partial charge in [-0.25, -0.2) is 0 Å². The summed E-state index contributed by atoms with van der Waals surface area (Å²) in [5, 5.41) is 0. The van der Waals surface area contributed by atoms with E-state index in [4.69, 9.17) is 4.74 Å². The molecule has 0 aromatic rings. The standard InChI is InChI=1S/C11H18O5/c1-9(12)8-16-11(14)6-4-3-5-7-15-10(2)13/h3-8H2,1-2H3. The number of esters is 2. The highest BCUT2D eigenvalue weighted by molar-refractivity contribution is 5.80. The molecule has 0 saturated carbocycles. The van der Waals surface area contributed by atoms with Crippen LogP contribution in [0.1, 0.15) is 39.5 Å². The third-order valence-corrected chi connectivity index (χ3v) is 1.77. The van der Waals surface area contributed by atoms with Gasteiger partial charge >= 0.3 is 11.9 Å². The van der Waals surface area contributed by atoms with Crippen LogP contribution in [0.25, 0.3) is 0 Å². The Morgan fingerprint density at radius 3 is 2.19 bits per heavy atom. The fourth-order valence-electron chi connectivity index (χ4n) is 1.02. The van der Waals surface area contributed by atoms with Crippen LogP contribution in [-0.4, -0.2) is 30.9 Å². The Hall–Kier alpha value is -1.39. The minimum atomic E-state index is -0.359. The van der Waals surface area contributed by atoms with Gasteiger partial charge in [0.1, 0.15) is 6.61 Å². The van der Waals surface area contributed by atoms with Crippen LogP contribution < -0.4 is 0 Å². The van der Waals surface area contributed by atoms with Crippen molar-refractivity contribution in [2.45, 2.75) is 39.5 Å². The molecule has 92 valence electrons. The maximum atomic E-state index is 11.0. The van der Waals surface area contributed by atoms with Gasteiger partial charge in [0.2, 0.25) is 0 Å². The molecule has 0 atom stereocenters. The summed E-state index contributed by atoms with van der Waals surface area (Å²) in [7, 11) is 0. The van der Waals surface area contributed by atoms with Gasteiger partial charge in [-0.15, -0.1) is 0 Å². The predicted molar refractivity (Wildman–Crippen MR) is 56.7 cm³/mol. The molecular formula is C11H18O5. The molecule has 0 saturated heterocycles. The summed E-state index contributed by atoms with van der Waals surface area (Å²) in [5.41, 5.74) is 0. The first-order valence-corrected chi connectivity index (χ1v) is 5.31. The minimum Gasteiger partial charge on any atom is -0.466 e. The highest BCUT2D eigenvalue weighted by Gasteiger charge is 2.04. The molecular weight excluding hydrogens is 212 g/mol. The summed E-state index contributed by atoms with van der Waals surface area (Å²) in [6.45, 7) is 2.97. The van der Waals surface area contributed by atoms with E-state index >= 15 is 0 Å². The van der Waals surface area contributed by atoms with E-state index in [0.29, 0.717) is 19.4 Å². The number of ether oxygens (including phenoxy) is 2. The van der Waals surface area contributed by atoms with Crippen molar-refractivity contribution in [3.63, 3.8) is 0 Å². The third-order valence-electron chi connectivity index (χ3n) is 1.77. The van der Waals surface area contributed by atoms with Gasteiger partial charge in [0.25, 0.3) is 0 Å². The average molecular weight is 230 g/mol. The van der Waals surface area contributed by atoms with Gasteiger partial charge in [-0.3, -0.25) is 14.4 Å². The topological polar surface area (TPSA) is 69.7 Å². The Kier molecular flexibility index (Phi) is 8.11. The number of carbonyl (C=O) groups is 3. The molecule has 0 spiro atoms. The Balaban J connectivity index is 3.27. The molecule has 0 bridgehead atoms. The van der Waals surface area contributed by atoms with Crippen molar-refractivity contribution in [1.29, 1.82) is 0 Å². The molecule has 16 heavy (non-hydrogen) atoms. The van der Waals surface area contributed by atoms with Crippen molar-refractivity contribution in [3.8, 4) is 0 Å². The first kappa shape index (κ1) is 14.6. The monoisotopic (exact) mass is 230 g/mol. The molecule has 0 aliphatic rings. The van der Waals surface area contributed by atoms with Crippen LogP contribution in [0.15, 0.2) is 0 Å². The van der Waals surface area contributed by atoms with Gasteiger partial charge in [-0.2, -0.15) is 0 Å². The lowest BCUT2D eigenvalue weighted by molar-refractivity contribution is -0.147. The van der Waals surface area contributed by atoms with E-state index in [1.165, 1.54) is 13.8 Å². The maximum Gasteiger partial charge on any atom is 0.306 e. The van der Waals surface area contributed by atoms with Crippen molar-refractivity contribution >= 4 is 17.7 Å². The molecule has 0 unspecified atom stereocenters. The van der Waals surface area contributed by atoms with Crippen LogP contribution >= 0.6 is 0 Å². The number of ketones is 1. The predicted octanol–water partition coefficient (Wildman–Crippen LogP) is 1.24. The largest absolute Gasteiger partial charge is 0.466 e. The van der Waals surface area contributed by atoms with Crippen LogP contribution in [0.5, 0.6) is 0 Å². The summed E-state index contributed by atoms with van der Waals surface area (Å²) in [4.78, 5) is 31.9. The second kappa shape index (κ2) is 8.88. The number of hydrogen-bond acceptors (Lipinski definition) is 5. The van der Waals surface area contributed by atoms with E-state index in [1.54, 1.807) is 0 Å². The quantitative estimate of drug-likeness (QED) is 0.463. The third kappa shape index (κ3) is 10.7. The average Bonchev–Trinajstić information content (AvgIpc) is 2.19. The first-order valence-electron chi connectivity index (χ1n) is 5.31. The molecule has 0 heterocycles. The molecule has 0 aromatic heterocycles. The van der Waals surface area contributed by atoms with Gasteiger partial charge in [0.15, 0.2) is 5.78 Å². The van der Waals surface area contributed by atoms with Gasteiger partial charge in [0.05, 0.1) is 6.61 Å². The molecule has 0 aromatic carbocycles. The highest BCUT2D eigenvalue weighted by Crippen LogP contribution is 2.01. The minimum absolute atomic E-state index is 0.147. The summed E-state index contributed by atoms with van der Waals surface area (Å²) >= 11 is 0. The molecule has 0 fully saturated rings. The second-order valence-corrected chi connectivity index (χ2v) is 3.51. The Morgan fingerprint density at radius 2 is 1.62 bits per heavy atom. The van der Waals surface area contributed by atoms with Gasteiger partial charge < -0.3 is 9.47 Å². The zero-order valence-corrected chi connectivity index (χ0v) is 9.78. The molecule has 5 nitrogen and oxygen atoms in total. The van der Waals surface area contributed by atoms with Crippen LogP contribution in [-0.2, 0) is 23.9 Å². The van der Waals surface area contributed by atoms with Crippen molar-refractivity contribution in [2.75, 3.05) is 13.2 Å². The lowest BCUT2D eigenvalue weighted by Gasteiger charge is -2.03. The molecule has 0 radical (unpaired) electrons. The fraction of sp³-hybridized carbons (Fsp3) is 0.727. The number of rotatable bonds is 8. The van der Waals surface area contributed by atoms with Crippen LogP contribution in [0.3, 0.4) is 0 Å².